The molecule has 0 aliphatic rings. The summed E-state index contributed by atoms with van der Waals surface area (Å²) in [5.74, 6) is 0.204. The zero-order chi connectivity index (χ0) is 15.9. The number of benzene rings is 1. The van der Waals surface area contributed by atoms with Crippen LogP contribution in [0.5, 0.6) is 5.75 Å². The topological polar surface area (TPSA) is 52.6 Å². The summed E-state index contributed by atoms with van der Waals surface area (Å²) in [5, 5.41) is 0. The summed E-state index contributed by atoms with van der Waals surface area (Å²) in [4.78, 5) is 22.8. The van der Waals surface area contributed by atoms with Gasteiger partial charge in [-0.1, -0.05) is 32.9 Å². The summed E-state index contributed by atoms with van der Waals surface area (Å²) in [6, 6.07) is 7.72. The lowest BCUT2D eigenvalue weighted by Crippen LogP contribution is -2.14. The molecule has 0 radical (unpaired) electrons. The van der Waals surface area contributed by atoms with Crippen molar-refractivity contribution >= 4 is 11.8 Å². The molecule has 0 heterocycles. The van der Waals surface area contributed by atoms with Crippen molar-refractivity contribution in [1.82, 2.24) is 0 Å². The first-order valence-electron chi connectivity index (χ1n) is 7.23. The second-order valence-electron chi connectivity index (χ2n) is 5.91. The highest BCUT2D eigenvalue weighted by molar-refractivity contribution is 5.84. The van der Waals surface area contributed by atoms with Crippen LogP contribution in [-0.2, 0) is 19.7 Å². The highest BCUT2D eigenvalue weighted by Crippen LogP contribution is 2.24. The monoisotopic (exact) mass is 292 g/mol. The van der Waals surface area contributed by atoms with Crippen LogP contribution in [0.2, 0.25) is 0 Å². The Hall–Kier alpha value is -1.84. The lowest BCUT2D eigenvalue weighted by Gasteiger charge is -2.19. The molecule has 1 aromatic carbocycles. The molecule has 0 N–H and O–H groups in total. The molecule has 0 saturated carbocycles. The molecule has 4 nitrogen and oxygen atoms in total. The Morgan fingerprint density at radius 2 is 1.67 bits per heavy atom. The van der Waals surface area contributed by atoms with E-state index < -0.39 is 0 Å². The minimum Gasteiger partial charge on any atom is -0.486 e. The van der Waals surface area contributed by atoms with Gasteiger partial charge in [0.05, 0.1) is 13.0 Å². The number of ether oxygens (including phenoxy) is 2. The van der Waals surface area contributed by atoms with E-state index in [0.29, 0.717) is 12.4 Å². The van der Waals surface area contributed by atoms with E-state index in [2.05, 4.69) is 20.8 Å². The predicted molar refractivity (Wildman–Crippen MR) is 81.5 cm³/mol. The van der Waals surface area contributed by atoms with E-state index in [1.807, 2.05) is 24.3 Å². The number of hydrogen-bond donors (Lipinski definition) is 0. The molecule has 0 spiro atoms. The van der Waals surface area contributed by atoms with E-state index in [-0.39, 0.29) is 36.6 Å². The highest BCUT2D eigenvalue weighted by atomic mass is 16.5. The maximum Gasteiger partial charge on any atom is 0.306 e. The van der Waals surface area contributed by atoms with Crippen molar-refractivity contribution in [3.8, 4) is 5.75 Å². The highest BCUT2D eigenvalue weighted by Gasteiger charge is 2.13. The number of Topliss-reactive ketones (excluding diaryl/α,β-unsaturated/α-hetero) is 1. The summed E-state index contributed by atoms with van der Waals surface area (Å²) in [6.07, 6.45) is 0.262. The van der Waals surface area contributed by atoms with Crippen molar-refractivity contribution < 1.29 is 19.1 Å². The van der Waals surface area contributed by atoms with Crippen molar-refractivity contribution in [2.24, 2.45) is 0 Å². The van der Waals surface area contributed by atoms with E-state index in [4.69, 9.17) is 9.47 Å². The van der Waals surface area contributed by atoms with Gasteiger partial charge in [0.2, 0.25) is 0 Å². The molecule has 0 aliphatic heterocycles. The fourth-order valence-corrected chi connectivity index (χ4v) is 1.76. The third kappa shape index (κ3) is 6.43. The third-order valence-electron chi connectivity index (χ3n) is 3.03. The minimum absolute atomic E-state index is 0.0196. The number of hydrogen-bond acceptors (Lipinski definition) is 4. The molecule has 1 rings (SSSR count). The van der Waals surface area contributed by atoms with Gasteiger partial charge in [0.1, 0.15) is 12.4 Å². The molecule has 0 amide bonds. The average Bonchev–Trinajstić information content (AvgIpc) is 2.43. The smallest absolute Gasteiger partial charge is 0.306 e. The van der Waals surface area contributed by atoms with Crippen molar-refractivity contribution in [2.45, 2.75) is 46.0 Å². The fraction of sp³-hybridized carbons (Fsp3) is 0.529. The number of carbonyl (C=O) groups is 2. The quantitative estimate of drug-likeness (QED) is 0.724. The number of rotatable bonds is 7. The normalized spacial score (nSPS) is 11.0. The second kappa shape index (κ2) is 7.81. The molecule has 0 saturated heterocycles. The largest absolute Gasteiger partial charge is 0.486 e. The maximum atomic E-state index is 11.6. The van der Waals surface area contributed by atoms with Crippen LogP contribution in [0, 0.1) is 0 Å². The molecule has 21 heavy (non-hydrogen) atoms. The Morgan fingerprint density at radius 1 is 1.05 bits per heavy atom. The Kier molecular flexibility index (Phi) is 6.40. The van der Waals surface area contributed by atoms with Gasteiger partial charge in [-0.25, -0.2) is 0 Å². The summed E-state index contributed by atoms with van der Waals surface area (Å²) in [7, 11) is 0. The molecule has 0 aromatic heterocycles. The molecule has 0 atom stereocenters. The summed E-state index contributed by atoms with van der Waals surface area (Å²) >= 11 is 0. The predicted octanol–water partition coefficient (Wildman–Crippen LogP) is 3.28. The van der Waals surface area contributed by atoms with E-state index in [1.165, 1.54) is 5.56 Å². The van der Waals surface area contributed by atoms with Crippen LogP contribution in [0.4, 0.5) is 0 Å². The Morgan fingerprint density at radius 3 is 2.19 bits per heavy atom. The fourth-order valence-electron chi connectivity index (χ4n) is 1.76. The van der Waals surface area contributed by atoms with E-state index in [0.717, 1.165) is 0 Å². The van der Waals surface area contributed by atoms with Gasteiger partial charge in [-0.3, -0.25) is 9.59 Å². The van der Waals surface area contributed by atoms with Gasteiger partial charge in [0.15, 0.2) is 5.78 Å². The number of ketones is 1. The second-order valence-corrected chi connectivity index (χ2v) is 5.91. The molecule has 0 unspecified atom stereocenters. The Bertz CT molecular complexity index is 469. The number of esters is 1. The Labute approximate surface area is 126 Å². The summed E-state index contributed by atoms with van der Waals surface area (Å²) < 4.78 is 10.2. The molecule has 116 valence electrons. The van der Waals surface area contributed by atoms with E-state index >= 15 is 0 Å². The van der Waals surface area contributed by atoms with Crippen LogP contribution in [0.1, 0.15) is 46.1 Å². The van der Waals surface area contributed by atoms with Gasteiger partial charge >= 0.3 is 5.97 Å². The summed E-state index contributed by atoms with van der Waals surface area (Å²) in [5.41, 5.74) is 1.30. The minimum atomic E-state index is -0.347. The van der Waals surface area contributed by atoms with Crippen LogP contribution in [0.3, 0.4) is 0 Å². The third-order valence-corrected chi connectivity index (χ3v) is 3.03. The van der Waals surface area contributed by atoms with Crippen LogP contribution >= 0.6 is 0 Å². The van der Waals surface area contributed by atoms with E-state index in [9.17, 15) is 9.59 Å². The zero-order valence-electron chi connectivity index (χ0n) is 13.3. The first-order chi connectivity index (χ1) is 9.82. The van der Waals surface area contributed by atoms with Crippen LogP contribution in [-0.4, -0.2) is 25.0 Å². The van der Waals surface area contributed by atoms with Crippen LogP contribution < -0.4 is 4.74 Å². The number of carbonyl (C=O) groups excluding carboxylic acids is 2. The average molecular weight is 292 g/mol. The molecule has 0 bridgehead atoms. The van der Waals surface area contributed by atoms with Gasteiger partial charge in [-0.05, 0) is 30.0 Å². The molecular weight excluding hydrogens is 268 g/mol. The van der Waals surface area contributed by atoms with Gasteiger partial charge < -0.3 is 9.47 Å². The van der Waals surface area contributed by atoms with Crippen molar-refractivity contribution in [3.05, 3.63) is 29.8 Å². The van der Waals surface area contributed by atoms with Crippen molar-refractivity contribution in [1.29, 1.82) is 0 Å². The lowest BCUT2D eigenvalue weighted by atomic mass is 9.87. The molecule has 1 aromatic rings. The standard InChI is InChI=1S/C17H24O4/c1-5-20-16(19)11-8-14(18)12-21-15-9-6-13(7-10-15)17(2,3)4/h6-7,9-10H,5,8,11-12H2,1-4H3. The van der Waals surface area contributed by atoms with Crippen molar-refractivity contribution in [2.75, 3.05) is 13.2 Å². The molecular formula is C17H24O4. The Balaban J connectivity index is 2.38. The molecule has 4 heteroatoms. The van der Waals surface area contributed by atoms with Crippen molar-refractivity contribution in [3.63, 3.8) is 0 Å². The van der Waals surface area contributed by atoms with E-state index in [1.54, 1.807) is 6.92 Å². The lowest BCUT2D eigenvalue weighted by molar-refractivity contribution is -0.144. The SMILES string of the molecule is CCOC(=O)CCC(=O)COc1ccc(C(C)(C)C)cc1. The first-order valence-corrected chi connectivity index (χ1v) is 7.23. The van der Waals surface area contributed by atoms with Gasteiger partial charge in [0.25, 0.3) is 0 Å². The molecule has 0 aliphatic carbocycles. The summed E-state index contributed by atoms with van der Waals surface area (Å²) in [6.45, 7) is 8.48. The van der Waals surface area contributed by atoms with Gasteiger partial charge in [-0.15, -0.1) is 0 Å². The molecule has 0 fully saturated rings. The van der Waals surface area contributed by atoms with Gasteiger partial charge in [-0.2, -0.15) is 0 Å². The van der Waals surface area contributed by atoms with Gasteiger partial charge in [0, 0.05) is 6.42 Å². The van der Waals surface area contributed by atoms with Crippen LogP contribution in [0.25, 0.3) is 0 Å². The zero-order valence-corrected chi connectivity index (χ0v) is 13.3. The van der Waals surface area contributed by atoms with Crippen LogP contribution in [0.15, 0.2) is 24.3 Å². The maximum absolute atomic E-state index is 11.6. The first kappa shape index (κ1) is 17.2.